The fourth-order valence-electron chi connectivity index (χ4n) is 15.4. The number of nitrogens with zero attached hydrogens (tertiary/aromatic N) is 16. The van der Waals surface area contributed by atoms with Crippen LogP contribution in [0.5, 0.6) is 0 Å². The number of halogens is 6. The van der Waals surface area contributed by atoms with Gasteiger partial charge in [-0.25, -0.2) is 57.0 Å². The van der Waals surface area contributed by atoms with Crippen LogP contribution < -0.4 is 44.2 Å². The second-order valence-corrected chi connectivity index (χ2v) is 32.2. The molecule has 0 fully saturated rings. The van der Waals surface area contributed by atoms with Gasteiger partial charge in [-0.3, -0.25) is 57.3 Å². The molecule has 12 amide bonds. The summed E-state index contributed by atoms with van der Waals surface area (Å²) >= 11 is 6.24. The number of aromatic nitrogens is 8. The number of hydrogen-bond donors (Lipinski definition) is 8. The van der Waals surface area contributed by atoms with E-state index in [4.69, 9.17) is 42.3 Å². The first-order valence-electron chi connectivity index (χ1n) is 38.8. The Bertz CT molecular complexity index is 4680. The molecule has 120 heavy (non-hydrogen) atoms. The molecule has 16 rings (SSSR count). The Hall–Kier alpha value is -11.0. The summed E-state index contributed by atoms with van der Waals surface area (Å²) in [5.41, 5.74) is 33.6. The van der Waals surface area contributed by atoms with Crippen LogP contribution in [0.25, 0.3) is 0 Å². The van der Waals surface area contributed by atoms with E-state index in [0.717, 1.165) is 33.9 Å². The zero-order valence-electron chi connectivity index (χ0n) is 67.5. The fraction of sp³-hybridized carbons (Fsp3) is 0.436. The molecule has 4 aromatic heterocycles. The van der Waals surface area contributed by atoms with Gasteiger partial charge < -0.3 is 63.8 Å². The summed E-state index contributed by atoms with van der Waals surface area (Å²) in [5.74, 6) is -2.75. The van der Waals surface area contributed by atoms with Crippen molar-refractivity contribution in [1.29, 1.82) is 0 Å². The van der Waals surface area contributed by atoms with Crippen molar-refractivity contribution in [2.45, 2.75) is 168 Å². The van der Waals surface area contributed by atoms with Crippen molar-refractivity contribution in [3.63, 3.8) is 0 Å². The van der Waals surface area contributed by atoms with E-state index < -0.39 is 11.6 Å². The predicted molar refractivity (Wildman–Crippen MR) is 434 cm³/mol. The molecule has 0 unspecified atom stereocenters. The fourth-order valence-corrected chi connectivity index (χ4v) is 16.1. The van der Waals surface area contributed by atoms with Crippen molar-refractivity contribution in [2.75, 3.05) is 75.6 Å². The predicted octanol–water partition coefficient (Wildman–Crippen LogP) is 7.52. The normalized spacial score (nSPS) is 21.2. The number of carbonyl (C=O) groups excluding carboxylic acids is 8. The highest BCUT2D eigenvalue weighted by atomic mass is 79.9. The molecule has 0 aliphatic carbocycles. The molecule has 42 heteroatoms. The molecule has 0 saturated carbocycles. The average molecular weight is 1800 g/mol. The Morgan fingerprint density at radius 2 is 0.600 bits per heavy atom. The number of hydrogen-bond acceptors (Lipinski definition) is 20. The van der Waals surface area contributed by atoms with E-state index in [1.807, 2.05) is 27.7 Å². The minimum atomic E-state index is -0.410. The van der Waals surface area contributed by atoms with Crippen molar-refractivity contribution >= 4 is 102 Å². The van der Waals surface area contributed by atoms with E-state index in [2.05, 4.69) is 73.5 Å². The third-order valence-electron chi connectivity index (χ3n) is 21.9. The summed E-state index contributed by atoms with van der Waals surface area (Å²) in [4.78, 5) is 132. The van der Waals surface area contributed by atoms with E-state index in [1.54, 1.807) is 92.5 Å². The maximum absolute atomic E-state index is 13.5. The Kier molecular flexibility index (Phi) is 26.2. The molecule has 8 aliphatic heterocycles. The summed E-state index contributed by atoms with van der Waals surface area (Å²) in [6.45, 7) is 14.4. The molecule has 8 aliphatic rings. The lowest BCUT2D eigenvalue weighted by molar-refractivity contribution is -0.144. The number of amides is 12. The summed E-state index contributed by atoms with van der Waals surface area (Å²) < 4.78 is 61.0. The zero-order valence-corrected chi connectivity index (χ0v) is 70.7. The van der Waals surface area contributed by atoms with Gasteiger partial charge in [-0.05, 0) is 157 Å². The summed E-state index contributed by atoms with van der Waals surface area (Å²) in [6, 6.07) is 15.6. The highest BCUT2D eigenvalue weighted by molar-refractivity contribution is 9.10. The minimum Gasteiger partial charge on any atom is -0.328 e. The van der Waals surface area contributed by atoms with Gasteiger partial charge in [0.15, 0.2) is 0 Å². The van der Waals surface area contributed by atoms with E-state index in [9.17, 15) is 55.9 Å². The third-order valence-corrected chi connectivity index (χ3v) is 23.1. The molecule has 0 saturated heterocycles. The van der Waals surface area contributed by atoms with Gasteiger partial charge in [0.05, 0.1) is 84.1 Å². The second kappa shape index (κ2) is 36.2. The van der Waals surface area contributed by atoms with Gasteiger partial charge in [-0.1, -0.05) is 0 Å². The highest BCUT2D eigenvalue weighted by Crippen LogP contribution is 2.36. The molecule has 4 aromatic carbocycles. The Balaban J connectivity index is 0.000000138. The summed E-state index contributed by atoms with van der Waals surface area (Å²) in [5, 5.41) is 34.4. The zero-order chi connectivity index (χ0) is 86.3. The van der Waals surface area contributed by atoms with Gasteiger partial charge >= 0.3 is 24.1 Å². The number of benzene rings is 4. The average Bonchev–Trinajstić information content (AvgIpc) is 1.62. The minimum absolute atomic E-state index is 0.118. The van der Waals surface area contributed by atoms with Gasteiger partial charge in [0.1, 0.15) is 70.5 Å². The van der Waals surface area contributed by atoms with Crippen molar-refractivity contribution in [2.24, 2.45) is 22.9 Å². The van der Waals surface area contributed by atoms with Gasteiger partial charge in [0.2, 0.25) is 0 Å². The molecule has 8 aromatic rings. The molecule has 0 radical (unpaired) electrons. The first kappa shape index (κ1) is 86.9. The number of urea groups is 4. The van der Waals surface area contributed by atoms with E-state index >= 15 is 0 Å². The number of anilines is 4. The first-order chi connectivity index (χ1) is 57.1. The van der Waals surface area contributed by atoms with Crippen LogP contribution in [0.3, 0.4) is 0 Å². The van der Waals surface area contributed by atoms with Crippen LogP contribution in [0, 0.1) is 37.1 Å². The van der Waals surface area contributed by atoms with E-state index in [-0.39, 0.29) is 169 Å². The number of rotatable bonds is 8. The lowest BCUT2D eigenvalue weighted by Gasteiger charge is -2.33. The summed E-state index contributed by atoms with van der Waals surface area (Å²) in [7, 11) is 6.18. The van der Waals surface area contributed by atoms with Gasteiger partial charge in [0.25, 0.3) is 23.6 Å². The van der Waals surface area contributed by atoms with E-state index in [1.165, 1.54) is 80.9 Å². The van der Waals surface area contributed by atoms with Crippen molar-refractivity contribution in [1.82, 2.24) is 79.0 Å². The van der Waals surface area contributed by atoms with Gasteiger partial charge in [-0.2, -0.15) is 20.4 Å². The number of hydroxylamine groups is 8. The topological polar surface area (TPSA) is 423 Å². The van der Waals surface area contributed by atoms with Gasteiger partial charge in [-0.15, -0.1) is 0 Å². The van der Waals surface area contributed by atoms with Crippen LogP contribution in [0.1, 0.15) is 126 Å². The van der Waals surface area contributed by atoms with Gasteiger partial charge in [0, 0.05) is 149 Å². The second-order valence-electron chi connectivity index (χ2n) is 30.5. The maximum Gasteiger partial charge on any atom is 0.322 e. The Morgan fingerprint density at radius 1 is 0.383 bits per heavy atom. The van der Waals surface area contributed by atoms with Crippen LogP contribution >= 0.6 is 31.9 Å². The SMILES string of the molecule is C[C@@H]1Cc2nn3c(c2CN1C(=O)Nc1ccc(F)c(Br)c1)C(=O)N(C)O[C@@H](CN)C3.C[C@@H]1Cc2nn3c(c2CN1C(=O)Nc1ccc(F)c(Br)c1)C(=O)N(C)O[C@H](CN)C3.Cc1cc(NC(=O)N2Cc3c(nn4c3C(=O)N(C)O[C@@H](CN)C4)C[C@H]2C)ccc1F.Cc1cc(NC(=O)N2Cc3c(nn4c3C(=O)N(C)O[C@H](CN)C4)C[C@H]2C)ccc1F. The first-order valence-corrected chi connectivity index (χ1v) is 40.4. The lowest BCUT2D eigenvalue weighted by Crippen LogP contribution is -2.45. The third kappa shape index (κ3) is 18.2. The standard InChI is InChI=1S/2C20H25FN6O3.2C19H22BrFN6O3/c2*1-11-6-13(4-5-16(11)21)23-20(29)26-10-15-17(7-12(26)2)24-27-9-14(8-22)30-25(3)19(28)18(15)27;2*1-10-5-16-13(17-18(28)25(2)30-12(7-22)8-27(17)24-16)9-26(10)19(29)23-11-3-4-15(21)14(20)6-11/h2*4-6,12,14H,7-10,22H2,1-3H3,(H,23,29);2*3-4,6,10,12H,5,7-9,22H2,1-2H3,(H,23,29)/t12-,14+;12-,14-;10-,12+;10-,12-/m1111/s1. The molecule has 36 nitrogen and oxygen atoms in total. The quantitative estimate of drug-likeness (QED) is 0.0681. The Labute approximate surface area is 703 Å². The van der Waals surface area contributed by atoms with Crippen LogP contribution in [-0.4, -0.2) is 230 Å². The lowest BCUT2D eigenvalue weighted by atomic mass is 9.99. The van der Waals surface area contributed by atoms with Crippen molar-refractivity contribution < 1.29 is 75.3 Å². The number of nitrogens with one attached hydrogen (secondary N) is 4. The molecular formula is C78H94Br2F4N24O12. The number of carbonyl (C=O) groups is 8. The number of fused-ring (bicyclic) bond motifs is 12. The molecule has 0 bridgehead atoms. The summed E-state index contributed by atoms with van der Waals surface area (Å²) in [6.07, 6.45) is 0.625. The van der Waals surface area contributed by atoms with Crippen LogP contribution in [0.15, 0.2) is 81.7 Å². The number of nitrogens with two attached hydrogens (primary N) is 4. The van der Waals surface area contributed by atoms with E-state index in [0.29, 0.717) is 120 Å². The Morgan fingerprint density at radius 3 is 0.808 bits per heavy atom. The smallest absolute Gasteiger partial charge is 0.322 e. The van der Waals surface area contributed by atoms with Crippen molar-refractivity contribution in [3.05, 3.63) is 184 Å². The van der Waals surface area contributed by atoms with Crippen LogP contribution in [-0.2, 0) is 97.4 Å². The van der Waals surface area contributed by atoms with Crippen molar-refractivity contribution in [3.8, 4) is 0 Å². The highest BCUT2D eigenvalue weighted by Gasteiger charge is 2.43. The molecule has 0 spiro atoms. The molecule has 640 valence electrons. The monoisotopic (exact) mass is 1790 g/mol. The van der Waals surface area contributed by atoms with Crippen LogP contribution in [0.4, 0.5) is 59.5 Å². The largest absolute Gasteiger partial charge is 0.328 e. The molecule has 8 atom stereocenters. The molecular weight excluding hydrogens is 1700 g/mol. The molecule has 12 N–H and O–H groups in total. The maximum atomic E-state index is 13.5. The van der Waals surface area contributed by atoms with Crippen LogP contribution in [0.2, 0.25) is 0 Å². The molecule has 12 heterocycles. The number of aryl methyl sites for hydroxylation is 2.